The summed E-state index contributed by atoms with van der Waals surface area (Å²) in [4.78, 5) is 15.8. The highest BCUT2D eigenvalue weighted by molar-refractivity contribution is 7.99. The van der Waals surface area contributed by atoms with Crippen LogP contribution in [0.15, 0.2) is 17.3 Å². The molecule has 0 spiro atoms. The molecule has 84 valence electrons. The van der Waals surface area contributed by atoms with Gasteiger partial charge in [-0.15, -0.1) is 11.8 Å². The van der Waals surface area contributed by atoms with Gasteiger partial charge in [0.2, 0.25) is 5.91 Å². The Bertz CT molecular complexity index is 547. The van der Waals surface area contributed by atoms with Gasteiger partial charge in [-0.1, -0.05) is 6.92 Å². The van der Waals surface area contributed by atoms with Gasteiger partial charge in [0.25, 0.3) is 0 Å². The quantitative estimate of drug-likeness (QED) is 0.750. The van der Waals surface area contributed by atoms with Crippen LogP contribution in [-0.4, -0.2) is 26.4 Å². The van der Waals surface area contributed by atoms with Crippen LogP contribution in [0.25, 0.3) is 10.9 Å². The molecule has 0 bridgehead atoms. The molecule has 0 radical (unpaired) electrons. The summed E-state index contributed by atoms with van der Waals surface area (Å²) in [6.45, 7) is 5.52. The number of rotatable bonds is 2. The topological polar surface area (TPSA) is 47.8 Å². The van der Waals surface area contributed by atoms with E-state index in [1.165, 1.54) is 11.6 Å². The minimum absolute atomic E-state index is 0.0759. The molecule has 0 N–H and O–H groups in total. The second-order valence-corrected chi connectivity index (χ2v) is 4.77. The molecule has 0 aliphatic carbocycles. The SMILES string of the molecule is CCSc1cc2c(cnn2C(C)=O)c(C)n1. The van der Waals surface area contributed by atoms with Crippen LogP contribution in [0.4, 0.5) is 0 Å². The zero-order valence-electron chi connectivity index (χ0n) is 9.52. The molecule has 0 aliphatic rings. The van der Waals surface area contributed by atoms with Gasteiger partial charge in [0.1, 0.15) is 0 Å². The van der Waals surface area contributed by atoms with Crippen molar-refractivity contribution in [3.05, 3.63) is 18.0 Å². The van der Waals surface area contributed by atoms with E-state index in [0.29, 0.717) is 0 Å². The van der Waals surface area contributed by atoms with Crippen molar-refractivity contribution in [3.63, 3.8) is 0 Å². The van der Waals surface area contributed by atoms with Crippen molar-refractivity contribution in [2.45, 2.75) is 25.8 Å². The van der Waals surface area contributed by atoms with Crippen molar-refractivity contribution in [1.82, 2.24) is 14.8 Å². The minimum atomic E-state index is -0.0759. The molecule has 0 amide bonds. The number of carbonyl (C=O) groups is 1. The van der Waals surface area contributed by atoms with Crippen molar-refractivity contribution in [1.29, 1.82) is 0 Å². The smallest absolute Gasteiger partial charge is 0.244 e. The van der Waals surface area contributed by atoms with Crippen LogP contribution in [0.2, 0.25) is 0 Å². The van der Waals surface area contributed by atoms with Gasteiger partial charge in [-0.25, -0.2) is 9.67 Å². The van der Waals surface area contributed by atoms with Gasteiger partial charge >= 0.3 is 0 Å². The van der Waals surface area contributed by atoms with E-state index in [1.807, 2.05) is 13.0 Å². The molecule has 0 saturated carbocycles. The third-order valence-corrected chi connectivity index (χ3v) is 3.12. The first-order valence-electron chi connectivity index (χ1n) is 5.12. The number of hydrogen-bond donors (Lipinski definition) is 0. The van der Waals surface area contributed by atoms with Crippen LogP contribution in [0.5, 0.6) is 0 Å². The maximum absolute atomic E-state index is 11.4. The molecule has 0 saturated heterocycles. The van der Waals surface area contributed by atoms with Crippen molar-refractivity contribution < 1.29 is 4.79 Å². The molecule has 0 aromatic carbocycles. The molecule has 2 aromatic heterocycles. The van der Waals surface area contributed by atoms with Gasteiger partial charge in [-0.3, -0.25) is 4.79 Å². The Labute approximate surface area is 98.0 Å². The summed E-state index contributed by atoms with van der Waals surface area (Å²) in [6, 6.07) is 1.92. The van der Waals surface area contributed by atoms with Crippen LogP contribution < -0.4 is 0 Å². The molecule has 0 fully saturated rings. The number of thioether (sulfide) groups is 1. The number of carbonyl (C=O) groups excluding carboxylic acids is 1. The van der Waals surface area contributed by atoms with Crippen LogP contribution >= 0.6 is 11.8 Å². The van der Waals surface area contributed by atoms with Crippen molar-refractivity contribution in [2.75, 3.05) is 5.75 Å². The highest BCUT2D eigenvalue weighted by Crippen LogP contribution is 2.23. The summed E-state index contributed by atoms with van der Waals surface area (Å²) in [6.07, 6.45) is 1.69. The van der Waals surface area contributed by atoms with Gasteiger partial charge in [-0.2, -0.15) is 5.10 Å². The summed E-state index contributed by atoms with van der Waals surface area (Å²) >= 11 is 1.66. The van der Waals surface area contributed by atoms with E-state index in [9.17, 15) is 4.79 Å². The maximum Gasteiger partial charge on any atom is 0.244 e. The fourth-order valence-corrected chi connectivity index (χ4v) is 2.32. The highest BCUT2D eigenvalue weighted by atomic mass is 32.2. The Hall–Kier alpha value is -1.36. The fraction of sp³-hybridized carbons (Fsp3) is 0.364. The monoisotopic (exact) mass is 235 g/mol. The number of pyridine rings is 1. The number of nitrogens with zero attached hydrogens (tertiary/aromatic N) is 3. The summed E-state index contributed by atoms with van der Waals surface area (Å²) in [5.74, 6) is 0.889. The molecule has 2 rings (SSSR count). The first-order valence-corrected chi connectivity index (χ1v) is 6.11. The lowest BCUT2D eigenvalue weighted by Gasteiger charge is -2.03. The van der Waals surface area contributed by atoms with Crippen LogP contribution in [0.1, 0.15) is 24.3 Å². The molecule has 0 unspecified atom stereocenters. The number of aromatic nitrogens is 3. The number of hydrogen-bond acceptors (Lipinski definition) is 4. The van der Waals surface area contributed by atoms with Crippen molar-refractivity contribution >= 4 is 28.6 Å². The van der Waals surface area contributed by atoms with Crippen molar-refractivity contribution in [3.8, 4) is 0 Å². The first-order chi connectivity index (χ1) is 7.63. The Balaban J connectivity index is 2.66. The second-order valence-electron chi connectivity index (χ2n) is 3.49. The molecule has 0 aliphatic heterocycles. The van der Waals surface area contributed by atoms with Gasteiger partial charge < -0.3 is 0 Å². The number of aryl methyl sites for hydroxylation is 1. The van der Waals surface area contributed by atoms with Crippen LogP contribution in [0.3, 0.4) is 0 Å². The lowest BCUT2D eigenvalue weighted by atomic mass is 10.2. The highest BCUT2D eigenvalue weighted by Gasteiger charge is 2.10. The third kappa shape index (κ3) is 1.82. The Morgan fingerprint density at radius 2 is 2.31 bits per heavy atom. The van der Waals surface area contributed by atoms with Gasteiger partial charge in [0.05, 0.1) is 16.7 Å². The summed E-state index contributed by atoms with van der Waals surface area (Å²) in [7, 11) is 0. The first kappa shape index (κ1) is 11.1. The standard InChI is InChI=1S/C11H13N3OS/c1-4-16-11-5-10-9(7(2)13-11)6-12-14(10)8(3)15/h5-6H,4H2,1-3H3. The molecule has 5 heteroatoms. The van der Waals surface area contributed by atoms with Gasteiger partial charge in [0, 0.05) is 18.0 Å². The maximum atomic E-state index is 11.4. The molecule has 4 nitrogen and oxygen atoms in total. The number of fused-ring (bicyclic) bond motifs is 1. The van der Waals surface area contributed by atoms with E-state index in [0.717, 1.165) is 27.4 Å². The normalized spacial score (nSPS) is 10.9. The Kier molecular flexibility index (Phi) is 2.96. The predicted molar refractivity (Wildman–Crippen MR) is 65.0 cm³/mol. The zero-order valence-corrected chi connectivity index (χ0v) is 10.3. The lowest BCUT2D eigenvalue weighted by molar-refractivity contribution is 0.0927. The molecule has 2 heterocycles. The third-order valence-electron chi connectivity index (χ3n) is 2.32. The Morgan fingerprint density at radius 3 is 2.94 bits per heavy atom. The average Bonchev–Trinajstić information content (AvgIpc) is 2.62. The fourth-order valence-electron chi connectivity index (χ4n) is 1.62. The molecule has 0 atom stereocenters. The summed E-state index contributed by atoms with van der Waals surface area (Å²) in [5.41, 5.74) is 1.76. The van der Waals surface area contributed by atoms with Gasteiger partial charge in [-0.05, 0) is 18.7 Å². The Morgan fingerprint density at radius 1 is 1.56 bits per heavy atom. The minimum Gasteiger partial charge on any atom is -0.273 e. The van der Waals surface area contributed by atoms with Crippen molar-refractivity contribution in [2.24, 2.45) is 0 Å². The van der Waals surface area contributed by atoms with Crippen LogP contribution in [0, 0.1) is 6.92 Å². The summed E-state index contributed by atoms with van der Waals surface area (Å²) < 4.78 is 1.42. The van der Waals surface area contributed by atoms with E-state index >= 15 is 0 Å². The van der Waals surface area contributed by atoms with E-state index in [4.69, 9.17) is 0 Å². The summed E-state index contributed by atoms with van der Waals surface area (Å²) in [5, 5.41) is 5.96. The second kappa shape index (κ2) is 4.25. The molecular weight excluding hydrogens is 222 g/mol. The predicted octanol–water partition coefficient (Wildman–Crippen LogP) is 2.51. The van der Waals surface area contributed by atoms with E-state index in [2.05, 4.69) is 17.0 Å². The molecule has 2 aromatic rings. The zero-order chi connectivity index (χ0) is 11.7. The molecular formula is C11H13N3OS. The molecule has 16 heavy (non-hydrogen) atoms. The largest absolute Gasteiger partial charge is 0.273 e. The van der Waals surface area contributed by atoms with E-state index < -0.39 is 0 Å². The average molecular weight is 235 g/mol. The van der Waals surface area contributed by atoms with Gasteiger partial charge in [0.15, 0.2) is 0 Å². The van der Waals surface area contributed by atoms with E-state index in [-0.39, 0.29) is 5.91 Å². The van der Waals surface area contributed by atoms with Crippen LogP contribution in [-0.2, 0) is 0 Å². The van der Waals surface area contributed by atoms with E-state index in [1.54, 1.807) is 18.0 Å². The lowest BCUT2D eigenvalue weighted by Crippen LogP contribution is -2.07.